The molecule has 16 heavy (non-hydrogen) atoms. The van der Waals surface area contributed by atoms with E-state index in [-0.39, 0.29) is 16.2 Å². The van der Waals surface area contributed by atoms with Crippen molar-refractivity contribution in [3.05, 3.63) is 28.0 Å². The van der Waals surface area contributed by atoms with E-state index in [1.165, 1.54) is 12.1 Å². The van der Waals surface area contributed by atoms with Gasteiger partial charge in [0.1, 0.15) is 10.3 Å². The van der Waals surface area contributed by atoms with Crippen LogP contribution in [0.15, 0.2) is 12.1 Å². The monoisotopic (exact) mass is 261 g/mol. The summed E-state index contributed by atoms with van der Waals surface area (Å²) in [4.78, 5) is 17.3. The van der Waals surface area contributed by atoms with Gasteiger partial charge >= 0.3 is 0 Å². The summed E-state index contributed by atoms with van der Waals surface area (Å²) in [6.45, 7) is 1.35. The Balaban J connectivity index is 2.79. The fourth-order valence-corrected chi connectivity index (χ4v) is 1.65. The van der Waals surface area contributed by atoms with Crippen molar-refractivity contribution in [1.82, 2.24) is 15.2 Å². The maximum atomic E-state index is 11.9. The number of nitrogens with zero attached hydrogens (tertiary/aromatic N) is 2. The summed E-state index contributed by atoms with van der Waals surface area (Å²) in [6, 6.07) is 3.01. The zero-order chi connectivity index (χ0) is 12.1. The first kappa shape index (κ1) is 13.2. The van der Waals surface area contributed by atoms with E-state index in [0.717, 1.165) is 6.54 Å². The van der Waals surface area contributed by atoms with Crippen molar-refractivity contribution in [3.63, 3.8) is 0 Å². The lowest BCUT2D eigenvalue weighted by Crippen LogP contribution is -2.32. The van der Waals surface area contributed by atoms with Crippen LogP contribution in [0.25, 0.3) is 0 Å². The van der Waals surface area contributed by atoms with E-state index in [1.54, 1.807) is 11.9 Å². The number of hydrogen-bond donors (Lipinski definition) is 1. The van der Waals surface area contributed by atoms with E-state index in [0.29, 0.717) is 12.1 Å². The van der Waals surface area contributed by atoms with Crippen LogP contribution < -0.4 is 5.32 Å². The van der Waals surface area contributed by atoms with Crippen LogP contribution in [0.1, 0.15) is 10.4 Å². The van der Waals surface area contributed by atoms with Crippen LogP contribution in [-0.4, -0.2) is 43.0 Å². The van der Waals surface area contributed by atoms with Crippen LogP contribution in [0.3, 0.4) is 0 Å². The highest BCUT2D eigenvalue weighted by Crippen LogP contribution is 2.15. The average Bonchev–Trinajstić information content (AvgIpc) is 2.23. The van der Waals surface area contributed by atoms with Crippen molar-refractivity contribution in [2.45, 2.75) is 0 Å². The third-order valence-electron chi connectivity index (χ3n) is 2.05. The molecule has 0 aliphatic rings. The number of rotatable bonds is 4. The zero-order valence-corrected chi connectivity index (χ0v) is 10.6. The SMILES string of the molecule is CNCCN(C)C(=O)c1cc(Cl)nc(Cl)c1. The Kier molecular flexibility index (Phi) is 4.99. The number of pyridine rings is 1. The highest BCUT2D eigenvalue weighted by atomic mass is 35.5. The number of carbonyl (C=O) groups excluding carboxylic acids is 1. The predicted octanol–water partition coefficient (Wildman–Crippen LogP) is 1.68. The molecular formula is C10H13Cl2N3O. The molecule has 0 aromatic carbocycles. The fourth-order valence-electron chi connectivity index (χ4n) is 1.19. The molecule has 1 rings (SSSR count). The van der Waals surface area contributed by atoms with Gasteiger partial charge in [0.25, 0.3) is 5.91 Å². The molecule has 1 aromatic heterocycles. The molecule has 0 saturated carbocycles. The number of hydrogen-bond acceptors (Lipinski definition) is 3. The quantitative estimate of drug-likeness (QED) is 0.840. The molecule has 1 aromatic rings. The van der Waals surface area contributed by atoms with E-state index in [1.807, 2.05) is 7.05 Å². The summed E-state index contributed by atoms with van der Waals surface area (Å²) >= 11 is 11.4. The summed E-state index contributed by atoms with van der Waals surface area (Å²) in [6.07, 6.45) is 0. The number of carbonyl (C=O) groups is 1. The zero-order valence-electron chi connectivity index (χ0n) is 9.13. The van der Waals surface area contributed by atoms with Gasteiger partial charge in [-0.2, -0.15) is 0 Å². The van der Waals surface area contributed by atoms with Crippen molar-refractivity contribution in [2.24, 2.45) is 0 Å². The lowest BCUT2D eigenvalue weighted by atomic mass is 10.2. The fraction of sp³-hybridized carbons (Fsp3) is 0.400. The molecule has 0 aliphatic carbocycles. The number of halogens is 2. The van der Waals surface area contributed by atoms with Gasteiger partial charge in [0, 0.05) is 25.7 Å². The third-order valence-corrected chi connectivity index (χ3v) is 2.44. The van der Waals surface area contributed by atoms with E-state index >= 15 is 0 Å². The van der Waals surface area contributed by atoms with E-state index in [2.05, 4.69) is 10.3 Å². The van der Waals surface area contributed by atoms with Gasteiger partial charge in [-0.05, 0) is 19.2 Å². The molecule has 88 valence electrons. The minimum Gasteiger partial charge on any atom is -0.340 e. The summed E-state index contributed by atoms with van der Waals surface area (Å²) in [7, 11) is 3.56. The highest BCUT2D eigenvalue weighted by Gasteiger charge is 2.12. The van der Waals surface area contributed by atoms with Crippen LogP contribution in [0.4, 0.5) is 0 Å². The van der Waals surface area contributed by atoms with Crippen molar-refractivity contribution in [1.29, 1.82) is 0 Å². The molecule has 0 spiro atoms. The van der Waals surface area contributed by atoms with Gasteiger partial charge in [0.2, 0.25) is 0 Å². The summed E-state index contributed by atoms with van der Waals surface area (Å²) in [5, 5.41) is 3.41. The van der Waals surface area contributed by atoms with E-state index in [9.17, 15) is 4.79 Å². The Hall–Kier alpha value is -0.840. The molecule has 1 heterocycles. The van der Waals surface area contributed by atoms with Crippen LogP contribution >= 0.6 is 23.2 Å². The van der Waals surface area contributed by atoms with Crippen molar-refractivity contribution < 1.29 is 4.79 Å². The first-order chi connectivity index (χ1) is 7.54. The molecule has 1 amide bonds. The Bertz CT molecular complexity index is 364. The number of amides is 1. The van der Waals surface area contributed by atoms with Crippen LogP contribution in [0, 0.1) is 0 Å². The minimum absolute atomic E-state index is 0.124. The minimum atomic E-state index is -0.124. The summed E-state index contributed by atoms with van der Waals surface area (Å²) in [5.74, 6) is -0.124. The van der Waals surface area contributed by atoms with Gasteiger partial charge < -0.3 is 10.2 Å². The topological polar surface area (TPSA) is 45.2 Å². The van der Waals surface area contributed by atoms with Crippen LogP contribution in [0.5, 0.6) is 0 Å². The van der Waals surface area contributed by atoms with Gasteiger partial charge in [-0.3, -0.25) is 4.79 Å². The average molecular weight is 262 g/mol. The second-order valence-corrected chi connectivity index (χ2v) is 4.11. The van der Waals surface area contributed by atoms with Crippen molar-refractivity contribution in [3.8, 4) is 0 Å². The molecule has 0 radical (unpaired) electrons. The molecule has 0 fully saturated rings. The van der Waals surface area contributed by atoms with Crippen LogP contribution in [0.2, 0.25) is 10.3 Å². The molecule has 6 heteroatoms. The van der Waals surface area contributed by atoms with Crippen molar-refractivity contribution >= 4 is 29.1 Å². The third kappa shape index (κ3) is 3.63. The Morgan fingerprint density at radius 1 is 1.44 bits per heavy atom. The second-order valence-electron chi connectivity index (χ2n) is 3.33. The Morgan fingerprint density at radius 2 is 2.00 bits per heavy atom. The van der Waals surface area contributed by atoms with E-state index < -0.39 is 0 Å². The largest absolute Gasteiger partial charge is 0.340 e. The summed E-state index contributed by atoms with van der Waals surface area (Å²) < 4.78 is 0. The summed E-state index contributed by atoms with van der Waals surface area (Å²) in [5.41, 5.74) is 0.448. The lowest BCUT2D eigenvalue weighted by Gasteiger charge is -2.16. The van der Waals surface area contributed by atoms with Gasteiger partial charge in [-0.25, -0.2) is 4.98 Å². The van der Waals surface area contributed by atoms with Gasteiger partial charge in [0.05, 0.1) is 0 Å². The molecule has 0 unspecified atom stereocenters. The first-order valence-electron chi connectivity index (χ1n) is 4.77. The standard InChI is InChI=1S/C10H13Cl2N3O/c1-13-3-4-15(2)10(16)7-5-8(11)14-9(12)6-7/h5-6,13H,3-4H2,1-2H3. The predicted molar refractivity (Wildman–Crippen MR) is 65.1 cm³/mol. The van der Waals surface area contributed by atoms with Gasteiger partial charge in [-0.1, -0.05) is 23.2 Å². The molecule has 0 aliphatic heterocycles. The maximum Gasteiger partial charge on any atom is 0.253 e. The molecule has 1 N–H and O–H groups in total. The molecule has 0 saturated heterocycles. The van der Waals surface area contributed by atoms with Gasteiger partial charge in [0.15, 0.2) is 0 Å². The number of likely N-dealkylation sites (N-methyl/N-ethyl adjacent to an activating group) is 2. The number of nitrogens with one attached hydrogen (secondary N) is 1. The van der Waals surface area contributed by atoms with E-state index in [4.69, 9.17) is 23.2 Å². The second kappa shape index (κ2) is 6.03. The smallest absolute Gasteiger partial charge is 0.253 e. The van der Waals surface area contributed by atoms with Crippen LogP contribution in [-0.2, 0) is 0 Å². The molecular weight excluding hydrogens is 249 g/mol. The lowest BCUT2D eigenvalue weighted by molar-refractivity contribution is 0.0796. The highest BCUT2D eigenvalue weighted by molar-refractivity contribution is 6.33. The first-order valence-corrected chi connectivity index (χ1v) is 5.53. The normalized spacial score (nSPS) is 10.2. The van der Waals surface area contributed by atoms with Gasteiger partial charge in [-0.15, -0.1) is 0 Å². The molecule has 4 nitrogen and oxygen atoms in total. The number of aromatic nitrogens is 1. The molecule has 0 bridgehead atoms. The maximum absolute atomic E-state index is 11.9. The molecule has 0 atom stereocenters. The van der Waals surface area contributed by atoms with Crippen molar-refractivity contribution in [2.75, 3.05) is 27.2 Å². The Morgan fingerprint density at radius 3 is 2.50 bits per heavy atom. The Labute approximate surface area is 105 Å².